The lowest BCUT2D eigenvalue weighted by Gasteiger charge is -2.26. The maximum Gasteiger partial charge on any atom is 0.239 e. The van der Waals surface area contributed by atoms with E-state index in [1.807, 2.05) is 60.5 Å². The summed E-state index contributed by atoms with van der Waals surface area (Å²) >= 11 is 0. The fourth-order valence-electron chi connectivity index (χ4n) is 2.61. The number of hydrogen-bond acceptors (Lipinski definition) is 4. The molecule has 0 radical (unpaired) electrons. The molecule has 122 valence electrons. The van der Waals surface area contributed by atoms with E-state index in [0.717, 1.165) is 16.9 Å². The summed E-state index contributed by atoms with van der Waals surface area (Å²) in [4.78, 5) is 13.8. The number of benzene rings is 2. The van der Waals surface area contributed by atoms with Crippen LogP contribution in [0, 0.1) is 0 Å². The minimum absolute atomic E-state index is 0.383. The zero-order valence-electron chi connectivity index (χ0n) is 13.7. The molecule has 1 atom stereocenters. The van der Waals surface area contributed by atoms with Crippen LogP contribution in [-0.2, 0) is 11.3 Å². The van der Waals surface area contributed by atoms with E-state index in [9.17, 15) is 4.79 Å². The minimum atomic E-state index is -0.497. The molecule has 0 saturated carbocycles. The molecule has 1 amide bonds. The highest BCUT2D eigenvalue weighted by atomic mass is 16.5. The third-order valence-corrected chi connectivity index (χ3v) is 3.74. The van der Waals surface area contributed by atoms with Gasteiger partial charge in [0.25, 0.3) is 0 Å². The van der Waals surface area contributed by atoms with E-state index in [0.29, 0.717) is 12.3 Å². The van der Waals surface area contributed by atoms with Gasteiger partial charge >= 0.3 is 0 Å². The van der Waals surface area contributed by atoms with Crippen LogP contribution in [0.4, 0.5) is 0 Å². The molecule has 0 spiro atoms. The van der Waals surface area contributed by atoms with Gasteiger partial charge in [-0.2, -0.15) is 0 Å². The van der Waals surface area contributed by atoms with Crippen LogP contribution in [0.25, 0.3) is 0 Å². The topological polar surface area (TPSA) is 64.8 Å². The number of likely N-dealkylation sites (N-methyl/N-ethyl adjacent to an activating group) is 1. The van der Waals surface area contributed by atoms with Crippen molar-refractivity contribution in [3.63, 3.8) is 0 Å². The maximum absolute atomic E-state index is 11.9. The molecule has 2 N–H and O–H groups in total. The van der Waals surface area contributed by atoms with Crippen LogP contribution in [0.2, 0.25) is 0 Å². The van der Waals surface area contributed by atoms with E-state index in [-0.39, 0.29) is 5.91 Å². The van der Waals surface area contributed by atoms with Gasteiger partial charge in [0.2, 0.25) is 5.91 Å². The third kappa shape index (κ3) is 4.02. The lowest BCUT2D eigenvalue weighted by atomic mass is 10.0. The molecule has 0 aliphatic heterocycles. The number of methoxy groups -OCH3 is 2. The van der Waals surface area contributed by atoms with Crippen LogP contribution >= 0.6 is 0 Å². The van der Waals surface area contributed by atoms with E-state index >= 15 is 0 Å². The minimum Gasteiger partial charge on any atom is -0.497 e. The molecule has 2 rings (SSSR count). The second-order valence-corrected chi connectivity index (χ2v) is 5.31. The summed E-state index contributed by atoms with van der Waals surface area (Å²) in [6.07, 6.45) is 0. The van der Waals surface area contributed by atoms with Gasteiger partial charge in [-0.05, 0) is 18.7 Å². The first-order valence-corrected chi connectivity index (χ1v) is 7.32. The Bertz CT molecular complexity index is 659. The fourth-order valence-corrected chi connectivity index (χ4v) is 2.61. The van der Waals surface area contributed by atoms with Gasteiger partial charge in [0.1, 0.15) is 17.5 Å². The zero-order valence-corrected chi connectivity index (χ0v) is 13.7. The average Bonchev–Trinajstić information content (AvgIpc) is 2.56. The van der Waals surface area contributed by atoms with Crippen molar-refractivity contribution in [3.05, 3.63) is 59.7 Å². The summed E-state index contributed by atoms with van der Waals surface area (Å²) in [6.45, 7) is 0.523. The largest absolute Gasteiger partial charge is 0.497 e. The van der Waals surface area contributed by atoms with Gasteiger partial charge in [-0.1, -0.05) is 36.4 Å². The molecular weight excluding hydrogens is 292 g/mol. The summed E-state index contributed by atoms with van der Waals surface area (Å²) < 4.78 is 10.6. The van der Waals surface area contributed by atoms with Gasteiger partial charge in [0.15, 0.2) is 0 Å². The van der Waals surface area contributed by atoms with Crippen LogP contribution < -0.4 is 15.2 Å². The highest BCUT2D eigenvalue weighted by Gasteiger charge is 2.23. The van der Waals surface area contributed by atoms with Crippen LogP contribution in [0.5, 0.6) is 11.5 Å². The van der Waals surface area contributed by atoms with Gasteiger partial charge in [0.05, 0.1) is 14.2 Å². The third-order valence-electron chi connectivity index (χ3n) is 3.74. The van der Waals surface area contributed by atoms with E-state index in [1.54, 1.807) is 14.2 Å². The molecule has 0 unspecified atom stereocenters. The SMILES string of the molecule is COc1ccc(CN(C)[C@H](C(N)=O)c2ccccc2)c(OC)c1. The number of carbonyl (C=O) groups excluding carboxylic acids is 1. The molecule has 2 aromatic rings. The van der Waals surface area contributed by atoms with E-state index in [2.05, 4.69) is 0 Å². The summed E-state index contributed by atoms with van der Waals surface area (Å²) in [7, 11) is 5.09. The van der Waals surface area contributed by atoms with E-state index < -0.39 is 6.04 Å². The highest BCUT2D eigenvalue weighted by Crippen LogP contribution is 2.28. The normalized spacial score (nSPS) is 12.0. The quantitative estimate of drug-likeness (QED) is 0.852. The Hall–Kier alpha value is -2.53. The fraction of sp³-hybridized carbons (Fsp3) is 0.278. The van der Waals surface area contributed by atoms with E-state index in [1.165, 1.54) is 0 Å². The van der Waals surface area contributed by atoms with Crippen LogP contribution in [0.3, 0.4) is 0 Å². The monoisotopic (exact) mass is 314 g/mol. The van der Waals surface area contributed by atoms with Gasteiger partial charge in [-0.15, -0.1) is 0 Å². The number of primary amides is 1. The predicted molar refractivity (Wildman–Crippen MR) is 89.4 cm³/mol. The molecule has 23 heavy (non-hydrogen) atoms. The summed E-state index contributed by atoms with van der Waals surface area (Å²) in [5, 5.41) is 0. The Morgan fingerprint density at radius 2 is 1.83 bits per heavy atom. The number of nitrogens with two attached hydrogens (primary N) is 1. The molecule has 5 nitrogen and oxygen atoms in total. The lowest BCUT2D eigenvalue weighted by Crippen LogP contribution is -2.35. The Morgan fingerprint density at radius 1 is 1.13 bits per heavy atom. The number of ether oxygens (including phenoxy) is 2. The van der Waals surface area contributed by atoms with E-state index in [4.69, 9.17) is 15.2 Å². The van der Waals surface area contributed by atoms with Crippen LogP contribution in [0.1, 0.15) is 17.2 Å². The van der Waals surface area contributed by atoms with Crippen molar-refractivity contribution in [1.29, 1.82) is 0 Å². The molecule has 0 fully saturated rings. The molecule has 2 aromatic carbocycles. The van der Waals surface area contributed by atoms with Gasteiger partial charge in [0, 0.05) is 18.2 Å². The van der Waals surface area contributed by atoms with Crippen molar-refractivity contribution in [2.75, 3.05) is 21.3 Å². The molecule has 5 heteroatoms. The number of amides is 1. The molecular formula is C18H22N2O3. The Kier molecular flexibility index (Phi) is 5.60. The van der Waals surface area contributed by atoms with Crippen molar-refractivity contribution < 1.29 is 14.3 Å². The number of rotatable bonds is 7. The number of carbonyl (C=O) groups is 1. The Labute approximate surface area is 136 Å². The number of nitrogens with zero attached hydrogens (tertiary/aromatic N) is 1. The Morgan fingerprint density at radius 3 is 2.39 bits per heavy atom. The molecule has 0 saturated heterocycles. The predicted octanol–water partition coefficient (Wildman–Crippen LogP) is 2.36. The highest BCUT2D eigenvalue weighted by molar-refractivity contribution is 5.81. The van der Waals surface area contributed by atoms with Crippen molar-refractivity contribution in [3.8, 4) is 11.5 Å². The van der Waals surface area contributed by atoms with Gasteiger partial charge < -0.3 is 15.2 Å². The summed E-state index contributed by atoms with van der Waals surface area (Å²) in [5.74, 6) is 1.06. The van der Waals surface area contributed by atoms with Crippen LogP contribution in [0.15, 0.2) is 48.5 Å². The number of hydrogen-bond donors (Lipinski definition) is 1. The lowest BCUT2D eigenvalue weighted by molar-refractivity contribution is -0.123. The first kappa shape index (κ1) is 16.8. The van der Waals surface area contributed by atoms with Crippen molar-refractivity contribution in [2.24, 2.45) is 5.73 Å². The standard InChI is InChI=1S/C18H22N2O3/c1-20(17(18(19)21)13-7-5-4-6-8-13)12-14-9-10-15(22-2)11-16(14)23-3/h4-11,17H,12H2,1-3H3,(H2,19,21)/t17-/m0/s1. The zero-order chi connectivity index (χ0) is 16.8. The van der Waals surface area contributed by atoms with Gasteiger partial charge in [-0.3, -0.25) is 9.69 Å². The first-order chi connectivity index (χ1) is 11.1. The van der Waals surface area contributed by atoms with Crippen molar-refractivity contribution >= 4 is 5.91 Å². The molecule has 0 aliphatic rings. The van der Waals surface area contributed by atoms with Crippen molar-refractivity contribution in [2.45, 2.75) is 12.6 Å². The Balaban J connectivity index is 2.26. The maximum atomic E-state index is 11.9. The smallest absolute Gasteiger partial charge is 0.239 e. The molecule has 0 aliphatic carbocycles. The first-order valence-electron chi connectivity index (χ1n) is 7.32. The second-order valence-electron chi connectivity index (χ2n) is 5.31. The average molecular weight is 314 g/mol. The van der Waals surface area contributed by atoms with Crippen LogP contribution in [-0.4, -0.2) is 32.1 Å². The summed E-state index contributed by atoms with van der Waals surface area (Å²) in [6, 6.07) is 14.6. The van der Waals surface area contributed by atoms with Crippen molar-refractivity contribution in [1.82, 2.24) is 4.90 Å². The second kappa shape index (κ2) is 7.65. The van der Waals surface area contributed by atoms with Gasteiger partial charge in [-0.25, -0.2) is 0 Å². The molecule has 0 bridgehead atoms. The summed E-state index contributed by atoms with van der Waals surface area (Å²) in [5.41, 5.74) is 7.43. The molecule has 0 heterocycles. The molecule has 0 aromatic heterocycles.